The number of benzene rings is 2. The fourth-order valence-corrected chi connectivity index (χ4v) is 2.99. The molecule has 2 aromatic carbocycles. The summed E-state index contributed by atoms with van der Waals surface area (Å²) in [6.45, 7) is 4.05. The second kappa shape index (κ2) is 13.1. The van der Waals surface area contributed by atoms with Gasteiger partial charge in [0.25, 0.3) is 0 Å². The van der Waals surface area contributed by atoms with Crippen molar-refractivity contribution in [3.8, 4) is 22.5 Å². The predicted molar refractivity (Wildman–Crippen MR) is 124 cm³/mol. The van der Waals surface area contributed by atoms with Crippen LogP contribution in [0.3, 0.4) is 0 Å². The summed E-state index contributed by atoms with van der Waals surface area (Å²) in [4.78, 5) is 8.87. The average Bonchev–Trinajstić information content (AvgIpc) is 2.84. The van der Waals surface area contributed by atoms with E-state index in [1.807, 2.05) is 54.6 Å². The average molecular weight is 724 g/mol. The molecule has 12 heteroatoms. The molecule has 3 rings (SSSR count). The summed E-state index contributed by atoms with van der Waals surface area (Å²) in [6, 6.07) is 21.1. The van der Waals surface area contributed by atoms with Crippen LogP contribution in [0.1, 0.15) is 27.2 Å². The Balaban J connectivity index is 0.000000370. The van der Waals surface area contributed by atoms with E-state index in [1.165, 1.54) is 20.8 Å². The number of hydrogen-bond donors (Lipinski definition) is 2. The summed E-state index contributed by atoms with van der Waals surface area (Å²) in [5.41, 5.74) is 2.73. The van der Waals surface area contributed by atoms with Crippen LogP contribution < -0.4 is 0 Å². The molecule has 0 spiro atoms. The maximum Gasteiger partial charge on any atom is 0.459 e. The van der Waals surface area contributed by atoms with E-state index in [0.717, 1.165) is 22.5 Å². The number of aliphatic hydroxyl groups excluding tert-OH is 2. The van der Waals surface area contributed by atoms with E-state index in [9.17, 15) is 35.8 Å². The molecule has 0 bridgehead atoms. The van der Waals surface area contributed by atoms with Gasteiger partial charge in [-0.1, -0.05) is 51.1 Å². The molecule has 3 aromatic rings. The van der Waals surface area contributed by atoms with Crippen molar-refractivity contribution < 1.29 is 61.1 Å². The first-order valence-corrected chi connectivity index (χ1v) is 11.0. The van der Waals surface area contributed by atoms with Gasteiger partial charge in [-0.05, 0) is 11.0 Å². The van der Waals surface area contributed by atoms with Crippen LogP contribution in [0.4, 0.5) is 30.7 Å². The zero-order chi connectivity index (χ0) is 28.1. The summed E-state index contributed by atoms with van der Waals surface area (Å²) in [5.74, 6) is -12.1. The maximum absolute atomic E-state index is 13.0. The van der Waals surface area contributed by atoms with E-state index in [1.54, 1.807) is 12.4 Å². The van der Waals surface area contributed by atoms with Gasteiger partial charge in [0.2, 0.25) is 0 Å². The Morgan fingerprint density at radius 2 is 1.29 bits per heavy atom. The van der Waals surface area contributed by atoms with E-state index in [4.69, 9.17) is 5.11 Å². The van der Waals surface area contributed by atoms with Gasteiger partial charge in [-0.15, -0.1) is 35.9 Å². The number of hydrogen-bond acceptors (Lipinski definition) is 4. The topological polar surface area (TPSA) is 66.2 Å². The van der Waals surface area contributed by atoms with Crippen molar-refractivity contribution in [3.05, 3.63) is 73.1 Å². The molecule has 0 aliphatic carbocycles. The van der Waals surface area contributed by atoms with E-state index in [0.29, 0.717) is 0 Å². The molecule has 2 unspecified atom stereocenters. The third-order valence-electron chi connectivity index (χ3n) is 5.35. The van der Waals surface area contributed by atoms with Gasteiger partial charge in [0.05, 0.1) is 11.8 Å². The minimum atomic E-state index is -6.50. The zero-order valence-electron chi connectivity index (χ0n) is 20.5. The Morgan fingerprint density at radius 1 is 0.763 bits per heavy atom. The molecule has 2 atom stereocenters. The van der Waals surface area contributed by atoms with Gasteiger partial charge in [0.1, 0.15) is 6.10 Å². The molecule has 211 valence electrons. The van der Waals surface area contributed by atoms with Gasteiger partial charge in [-0.2, -0.15) is 30.7 Å². The van der Waals surface area contributed by atoms with E-state index < -0.39 is 42.1 Å². The van der Waals surface area contributed by atoms with Crippen LogP contribution in [0.25, 0.3) is 22.5 Å². The molecule has 1 aromatic heterocycles. The standard InChI is InChI=1S/C16H11N2.C10H15F7O2.Ir/c1-3-7-13(8-4-1)15-16(18-12-11-17-15)14-9-5-2-6-10-14;1-7(2,3)5(18)4-6(19)8(11,12)9(13,14)10(15,16)17;/h1-9,11-12H;5-6,18-19H,4H2,1-3H3;/q-1;;. The molecule has 1 radical (unpaired) electrons. The van der Waals surface area contributed by atoms with Gasteiger partial charge < -0.3 is 15.2 Å². The van der Waals surface area contributed by atoms with Crippen molar-refractivity contribution in [2.75, 3.05) is 0 Å². The van der Waals surface area contributed by atoms with Gasteiger partial charge in [-0.3, -0.25) is 4.98 Å². The van der Waals surface area contributed by atoms with Crippen LogP contribution in [0, 0.1) is 11.5 Å². The number of halogens is 7. The van der Waals surface area contributed by atoms with Gasteiger partial charge in [0, 0.05) is 44.6 Å². The molecular formula is C26H26F7IrN2O2-. The zero-order valence-corrected chi connectivity index (χ0v) is 22.9. The number of aromatic nitrogens is 2. The Morgan fingerprint density at radius 3 is 1.76 bits per heavy atom. The quantitative estimate of drug-likeness (QED) is 0.223. The van der Waals surface area contributed by atoms with Crippen LogP contribution in [-0.4, -0.2) is 50.4 Å². The smallest absolute Gasteiger partial charge is 0.392 e. The molecule has 38 heavy (non-hydrogen) atoms. The largest absolute Gasteiger partial charge is 0.459 e. The number of aliphatic hydroxyl groups is 2. The van der Waals surface area contributed by atoms with Gasteiger partial charge >= 0.3 is 18.0 Å². The Kier molecular flexibility index (Phi) is 11.6. The Labute approximate surface area is 229 Å². The van der Waals surface area contributed by atoms with Gasteiger partial charge in [0.15, 0.2) is 0 Å². The summed E-state index contributed by atoms with van der Waals surface area (Å²) in [6.07, 6.45) is -9.36. The molecule has 2 N–H and O–H groups in total. The first-order chi connectivity index (χ1) is 17.0. The molecule has 0 aliphatic rings. The number of alkyl halides is 7. The van der Waals surface area contributed by atoms with Crippen LogP contribution in [0.2, 0.25) is 0 Å². The molecule has 0 fully saturated rings. The minimum absolute atomic E-state index is 0. The van der Waals surface area contributed by atoms with Crippen LogP contribution in [-0.2, 0) is 20.1 Å². The fourth-order valence-electron chi connectivity index (χ4n) is 2.99. The minimum Gasteiger partial charge on any atom is -0.392 e. The summed E-state index contributed by atoms with van der Waals surface area (Å²) in [7, 11) is 0. The summed E-state index contributed by atoms with van der Waals surface area (Å²) >= 11 is 0. The fraction of sp³-hybridized carbons (Fsp3) is 0.385. The van der Waals surface area contributed by atoms with Gasteiger partial charge in [-0.25, -0.2) is 0 Å². The molecule has 0 saturated carbocycles. The normalized spacial score (nSPS) is 14.0. The molecule has 0 aliphatic heterocycles. The SMILES string of the molecule is CC(C)(C)C(O)CC(O)C(F)(F)C(F)(F)C(F)(F)F.[Ir].[c-]1ccccc1-c1nccnc1-c1ccccc1. The van der Waals surface area contributed by atoms with E-state index in [2.05, 4.69) is 16.0 Å². The first-order valence-electron chi connectivity index (χ1n) is 11.0. The molecule has 0 amide bonds. The second-order valence-electron chi connectivity index (χ2n) is 9.22. The molecular weight excluding hydrogens is 698 g/mol. The van der Waals surface area contributed by atoms with Crippen molar-refractivity contribution in [1.82, 2.24) is 9.97 Å². The second-order valence-corrected chi connectivity index (χ2v) is 9.22. The third kappa shape index (κ3) is 8.05. The molecule has 0 saturated heterocycles. The summed E-state index contributed by atoms with van der Waals surface area (Å²) in [5, 5.41) is 18.3. The van der Waals surface area contributed by atoms with Crippen LogP contribution in [0.15, 0.2) is 67.0 Å². The van der Waals surface area contributed by atoms with Crippen molar-refractivity contribution in [2.24, 2.45) is 5.41 Å². The van der Waals surface area contributed by atoms with Crippen molar-refractivity contribution in [2.45, 2.75) is 57.4 Å². The van der Waals surface area contributed by atoms with E-state index >= 15 is 0 Å². The van der Waals surface area contributed by atoms with Crippen LogP contribution in [0.5, 0.6) is 0 Å². The maximum atomic E-state index is 13.0. The monoisotopic (exact) mass is 724 g/mol. The third-order valence-corrected chi connectivity index (χ3v) is 5.35. The number of rotatable bonds is 6. The number of nitrogens with zero attached hydrogens (tertiary/aromatic N) is 2. The predicted octanol–water partition coefficient (Wildman–Crippen LogP) is 6.59. The van der Waals surface area contributed by atoms with Crippen molar-refractivity contribution in [3.63, 3.8) is 0 Å². The molecule has 1 heterocycles. The Bertz CT molecular complexity index is 1070. The first kappa shape index (κ1) is 33.6. The Hall–Kier alpha value is -2.40. The summed E-state index contributed by atoms with van der Waals surface area (Å²) < 4.78 is 86.8. The molecule has 4 nitrogen and oxygen atoms in total. The van der Waals surface area contributed by atoms with Crippen molar-refractivity contribution in [1.29, 1.82) is 0 Å². The van der Waals surface area contributed by atoms with Crippen LogP contribution >= 0.6 is 0 Å². The van der Waals surface area contributed by atoms with Crippen molar-refractivity contribution >= 4 is 0 Å². The van der Waals surface area contributed by atoms with E-state index in [-0.39, 0.29) is 20.1 Å².